The van der Waals surface area contributed by atoms with Crippen molar-refractivity contribution in [2.75, 3.05) is 40.0 Å². The Morgan fingerprint density at radius 1 is 1.06 bits per heavy atom. The lowest BCUT2D eigenvalue weighted by molar-refractivity contribution is -0.413. The molecule has 0 spiro atoms. The molecular weight excluding hydrogens is 472 g/mol. The Bertz CT molecular complexity index is 936. The SMILES string of the molecule is COC(C(F)(F)F)(C(F)(F)F)[C@]1(COCc2ccccc2)CCN(C2(c3ncon3)COC2)C1. The van der Waals surface area contributed by atoms with E-state index in [4.69, 9.17) is 14.0 Å². The van der Waals surface area contributed by atoms with Crippen LogP contribution in [-0.4, -0.2) is 73.0 Å². The quantitative estimate of drug-likeness (QED) is 0.517. The third-order valence-electron chi connectivity index (χ3n) is 6.76. The fraction of sp³-hybridized carbons (Fsp3) is 0.619. The number of hydrogen-bond donors (Lipinski definition) is 0. The molecule has 0 aliphatic carbocycles. The molecule has 2 fully saturated rings. The van der Waals surface area contributed by atoms with Gasteiger partial charge in [-0.05, 0) is 12.0 Å². The van der Waals surface area contributed by atoms with E-state index in [0.717, 1.165) is 6.39 Å². The summed E-state index contributed by atoms with van der Waals surface area (Å²) in [4.78, 5) is 5.46. The Kier molecular flexibility index (Phi) is 6.42. The first-order valence-corrected chi connectivity index (χ1v) is 10.4. The molecule has 0 unspecified atom stereocenters. The first kappa shape index (κ1) is 24.9. The van der Waals surface area contributed by atoms with Gasteiger partial charge >= 0.3 is 12.4 Å². The van der Waals surface area contributed by atoms with Gasteiger partial charge in [-0.3, -0.25) is 4.90 Å². The van der Waals surface area contributed by atoms with Crippen molar-refractivity contribution in [1.82, 2.24) is 15.0 Å². The van der Waals surface area contributed by atoms with Gasteiger partial charge < -0.3 is 18.7 Å². The molecule has 188 valence electrons. The number of hydrogen-bond acceptors (Lipinski definition) is 7. The topological polar surface area (TPSA) is 69.9 Å². The normalized spacial score (nSPS) is 23.7. The summed E-state index contributed by atoms with van der Waals surface area (Å²) < 4.78 is 106. The summed E-state index contributed by atoms with van der Waals surface area (Å²) in [6.07, 6.45) is -11.0. The number of benzene rings is 1. The molecule has 1 aromatic heterocycles. The van der Waals surface area contributed by atoms with E-state index in [-0.39, 0.29) is 32.2 Å². The Balaban J connectivity index is 1.71. The minimum Gasteiger partial charge on any atom is -0.376 e. The second-order valence-electron chi connectivity index (χ2n) is 8.59. The molecule has 0 amide bonds. The molecule has 1 atom stereocenters. The number of ether oxygens (including phenoxy) is 3. The maximum atomic E-state index is 14.3. The van der Waals surface area contributed by atoms with Crippen LogP contribution in [0.1, 0.15) is 17.8 Å². The van der Waals surface area contributed by atoms with Gasteiger partial charge in [-0.25, -0.2) is 0 Å². The highest BCUT2D eigenvalue weighted by Crippen LogP contribution is 2.60. The molecule has 2 saturated heterocycles. The predicted octanol–water partition coefficient (Wildman–Crippen LogP) is 3.71. The van der Waals surface area contributed by atoms with E-state index in [1.54, 1.807) is 30.3 Å². The van der Waals surface area contributed by atoms with Crippen molar-refractivity contribution in [1.29, 1.82) is 0 Å². The Morgan fingerprint density at radius 3 is 2.24 bits per heavy atom. The maximum Gasteiger partial charge on any atom is 0.427 e. The van der Waals surface area contributed by atoms with Crippen molar-refractivity contribution in [3.63, 3.8) is 0 Å². The largest absolute Gasteiger partial charge is 0.427 e. The molecule has 0 saturated carbocycles. The average molecular weight is 495 g/mol. The molecule has 2 aliphatic rings. The van der Waals surface area contributed by atoms with E-state index in [1.165, 1.54) is 4.90 Å². The van der Waals surface area contributed by atoms with Crippen LogP contribution in [0.2, 0.25) is 0 Å². The maximum absolute atomic E-state index is 14.3. The van der Waals surface area contributed by atoms with E-state index in [9.17, 15) is 26.3 Å². The third-order valence-corrected chi connectivity index (χ3v) is 6.76. The monoisotopic (exact) mass is 495 g/mol. The van der Waals surface area contributed by atoms with Crippen LogP contribution in [0.4, 0.5) is 26.3 Å². The summed E-state index contributed by atoms with van der Waals surface area (Å²) in [5.74, 6) is 0.141. The van der Waals surface area contributed by atoms with E-state index in [2.05, 4.69) is 14.9 Å². The highest BCUT2D eigenvalue weighted by Gasteiger charge is 2.81. The van der Waals surface area contributed by atoms with Crippen LogP contribution in [0.25, 0.3) is 0 Å². The van der Waals surface area contributed by atoms with Crippen LogP contribution >= 0.6 is 0 Å². The smallest absolute Gasteiger partial charge is 0.376 e. The molecule has 0 bridgehead atoms. The number of rotatable bonds is 8. The van der Waals surface area contributed by atoms with E-state index < -0.39 is 48.5 Å². The predicted molar refractivity (Wildman–Crippen MR) is 103 cm³/mol. The number of likely N-dealkylation sites (tertiary alicyclic amines) is 1. The molecule has 0 radical (unpaired) electrons. The highest BCUT2D eigenvalue weighted by atomic mass is 19.4. The number of nitrogens with zero attached hydrogens (tertiary/aromatic N) is 3. The van der Waals surface area contributed by atoms with Crippen LogP contribution in [0.5, 0.6) is 0 Å². The van der Waals surface area contributed by atoms with Gasteiger partial charge in [0.15, 0.2) is 5.82 Å². The second-order valence-corrected chi connectivity index (χ2v) is 8.59. The van der Waals surface area contributed by atoms with Gasteiger partial charge in [0, 0.05) is 20.2 Å². The summed E-state index contributed by atoms with van der Waals surface area (Å²) in [5, 5.41) is 3.77. The van der Waals surface area contributed by atoms with Crippen LogP contribution in [0.15, 0.2) is 41.2 Å². The lowest BCUT2D eigenvalue weighted by Crippen LogP contribution is -2.71. The minimum absolute atomic E-state index is 0.00546. The Labute approximate surface area is 190 Å². The van der Waals surface area contributed by atoms with Crippen molar-refractivity contribution in [3.8, 4) is 0 Å². The first-order chi connectivity index (χ1) is 16.0. The summed E-state index contributed by atoms with van der Waals surface area (Å²) in [6.45, 7) is -1.72. The van der Waals surface area contributed by atoms with E-state index >= 15 is 0 Å². The molecule has 34 heavy (non-hydrogen) atoms. The van der Waals surface area contributed by atoms with Gasteiger partial charge in [0.1, 0.15) is 5.54 Å². The zero-order valence-electron chi connectivity index (χ0n) is 18.2. The molecule has 0 N–H and O–H groups in total. The van der Waals surface area contributed by atoms with Crippen molar-refractivity contribution in [2.45, 2.75) is 36.5 Å². The Hall–Kier alpha value is -2.22. The molecule has 13 heteroatoms. The van der Waals surface area contributed by atoms with Gasteiger partial charge in [0.25, 0.3) is 5.60 Å². The van der Waals surface area contributed by atoms with Crippen LogP contribution in [0, 0.1) is 5.41 Å². The second kappa shape index (κ2) is 8.77. The molecule has 4 rings (SSSR count). The van der Waals surface area contributed by atoms with Gasteiger partial charge in [-0.15, -0.1) is 0 Å². The van der Waals surface area contributed by atoms with Crippen LogP contribution in [-0.2, 0) is 26.4 Å². The Morgan fingerprint density at radius 2 is 1.74 bits per heavy atom. The van der Waals surface area contributed by atoms with E-state index in [1.807, 2.05) is 0 Å². The highest BCUT2D eigenvalue weighted by molar-refractivity contribution is 5.19. The van der Waals surface area contributed by atoms with Crippen molar-refractivity contribution in [3.05, 3.63) is 48.1 Å². The van der Waals surface area contributed by atoms with E-state index in [0.29, 0.717) is 12.7 Å². The number of methoxy groups -OCH3 is 1. The fourth-order valence-electron chi connectivity index (χ4n) is 5.02. The van der Waals surface area contributed by atoms with Crippen LogP contribution < -0.4 is 0 Å². The molecule has 7 nitrogen and oxygen atoms in total. The summed E-state index contributed by atoms with van der Waals surface area (Å²) in [6, 6.07) is 8.47. The van der Waals surface area contributed by atoms with Crippen molar-refractivity contribution >= 4 is 0 Å². The number of halogens is 6. The van der Waals surface area contributed by atoms with Gasteiger partial charge in [-0.2, -0.15) is 31.3 Å². The van der Waals surface area contributed by atoms with Crippen molar-refractivity contribution in [2.24, 2.45) is 5.41 Å². The van der Waals surface area contributed by atoms with Gasteiger partial charge in [0.05, 0.1) is 31.8 Å². The van der Waals surface area contributed by atoms with Crippen molar-refractivity contribution < 1.29 is 45.1 Å². The standard InChI is InChI=1S/C21H23F6N3O4/c1-31-19(20(22,23)24,21(25,26)27)17(11-32-9-15-5-3-2-4-6-15)7-8-30(10-17)18(12-33-13-18)16-28-14-34-29-16/h2-6,14H,7-13H2,1H3/t17-/m1/s1. The van der Waals surface area contributed by atoms with Gasteiger partial charge in [-0.1, -0.05) is 35.5 Å². The lowest BCUT2D eigenvalue weighted by Gasteiger charge is -2.50. The summed E-state index contributed by atoms with van der Waals surface area (Å²) >= 11 is 0. The zero-order valence-corrected chi connectivity index (χ0v) is 18.2. The molecule has 2 aromatic rings. The average Bonchev–Trinajstić information content (AvgIpc) is 3.39. The van der Waals surface area contributed by atoms with Crippen LogP contribution in [0.3, 0.4) is 0 Å². The third kappa shape index (κ3) is 3.78. The fourth-order valence-corrected chi connectivity index (χ4v) is 5.02. The molecule has 3 heterocycles. The molecular formula is C21H23F6N3O4. The lowest BCUT2D eigenvalue weighted by atomic mass is 9.69. The summed E-state index contributed by atoms with van der Waals surface area (Å²) in [7, 11) is 0.435. The summed E-state index contributed by atoms with van der Waals surface area (Å²) in [5.41, 5.74) is -7.43. The minimum atomic E-state index is -5.76. The number of aromatic nitrogens is 2. The number of alkyl halides is 6. The van der Waals surface area contributed by atoms with Gasteiger partial charge in [0.2, 0.25) is 6.39 Å². The molecule has 1 aromatic carbocycles. The zero-order chi connectivity index (χ0) is 24.7. The molecule has 2 aliphatic heterocycles. The first-order valence-electron chi connectivity index (χ1n) is 10.4.